The lowest BCUT2D eigenvalue weighted by Crippen LogP contribution is -2.47. The van der Waals surface area contributed by atoms with Gasteiger partial charge < -0.3 is 14.8 Å². The Bertz CT molecular complexity index is 633. The molecule has 1 aliphatic heterocycles. The first-order valence-corrected chi connectivity index (χ1v) is 9.94. The Hall–Kier alpha value is -2.28. The third kappa shape index (κ3) is 7.38. The van der Waals surface area contributed by atoms with Gasteiger partial charge in [-0.25, -0.2) is 4.79 Å². The van der Waals surface area contributed by atoms with Crippen molar-refractivity contribution in [3.05, 3.63) is 23.8 Å². The summed E-state index contributed by atoms with van der Waals surface area (Å²) in [6.07, 6.45) is 4.21. The number of urea groups is 1. The smallest absolute Gasteiger partial charge is 0.321 e. The first-order chi connectivity index (χ1) is 13.4. The number of ether oxygens (including phenoxy) is 2. The molecule has 0 spiro atoms. The number of benzene rings is 1. The molecule has 0 radical (unpaired) electrons. The van der Waals surface area contributed by atoms with E-state index in [9.17, 15) is 9.59 Å². The lowest BCUT2D eigenvalue weighted by atomic mass is 9.90. The van der Waals surface area contributed by atoms with Gasteiger partial charge in [-0.15, -0.1) is 0 Å². The summed E-state index contributed by atoms with van der Waals surface area (Å²) < 4.78 is 10.7. The largest absolute Gasteiger partial charge is 0.497 e. The Kier molecular flexibility index (Phi) is 8.57. The summed E-state index contributed by atoms with van der Waals surface area (Å²) in [5.41, 5.74) is 1.22. The molecule has 0 atom stereocenters. The summed E-state index contributed by atoms with van der Waals surface area (Å²) in [6, 6.07) is 5.58. The van der Waals surface area contributed by atoms with Gasteiger partial charge in [0.1, 0.15) is 11.5 Å². The number of imide groups is 1. The zero-order chi connectivity index (χ0) is 20.5. The van der Waals surface area contributed by atoms with Crippen LogP contribution in [0.15, 0.2) is 18.2 Å². The molecule has 0 unspecified atom stereocenters. The van der Waals surface area contributed by atoms with Crippen molar-refractivity contribution in [2.24, 2.45) is 5.92 Å². The van der Waals surface area contributed by atoms with E-state index < -0.39 is 6.03 Å². The topological polar surface area (TPSA) is 79.9 Å². The quantitative estimate of drug-likeness (QED) is 0.712. The molecule has 3 amide bonds. The van der Waals surface area contributed by atoms with Crippen molar-refractivity contribution in [3.63, 3.8) is 0 Å². The third-order valence-corrected chi connectivity index (χ3v) is 5.00. The van der Waals surface area contributed by atoms with Crippen molar-refractivity contribution in [3.8, 4) is 11.5 Å². The van der Waals surface area contributed by atoms with E-state index in [1.807, 2.05) is 19.9 Å². The Morgan fingerprint density at radius 2 is 1.71 bits per heavy atom. The number of methoxy groups -OCH3 is 2. The minimum Gasteiger partial charge on any atom is -0.497 e. The molecule has 0 bridgehead atoms. The Morgan fingerprint density at radius 3 is 2.25 bits per heavy atom. The molecule has 7 nitrogen and oxygen atoms in total. The van der Waals surface area contributed by atoms with E-state index in [0.29, 0.717) is 5.92 Å². The van der Waals surface area contributed by atoms with E-state index in [1.165, 1.54) is 5.56 Å². The van der Waals surface area contributed by atoms with Crippen LogP contribution in [-0.4, -0.2) is 56.7 Å². The van der Waals surface area contributed by atoms with Crippen LogP contribution in [0.4, 0.5) is 4.79 Å². The van der Waals surface area contributed by atoms with Gasteiger partial charge in [0.05, 0.1) is 20.8 Å². The molecule has 156 valence electrons. The zero-order valence-corrected chi connectivity index (χ0v) is 17.4. The molecule has 1 heterocycles. The molecular weight excluding hydrogens is 358 g/mol. The Morgan fingerprint density at radius 1 is 1.11 bits per heavy atom. The van der Waals surface area contributed by atoms with E-state index in [-0.39, 0.29) is 18.5 Å². The van der Waals surface area contributed by atoms with E-state index in [0.717, 1.165) is 50.3 Å². The normalized spacial score (nSPS) is 15.3. The van der Waals surface area contributed by atoms with Gasteiger partial charge in [0, 0.05) is 12.1 Å². The predicted molar refractivity (Wildman–Crippen MR) is 109 cm³/mol. The van der Waals surface area contributed by atoms with Gasteiger partial charge in [-0.3, -0.25) is 15.0 Å². The summed E-state index contributed by atoms with van der Waals surface area (Å²) in [5.74, 6) is 2.02. The summed E-state index contributed by atoms with van der Waals surface area (Å²) >= 11 is 0. The van der Waals surface area contributed by atoms with Crippen LogP contribution in [0.1, 0.15) is 38.7 Å². The highest BCUT2D eigenvalue weighted by Gasteiger charge is 2.21. The minimum atomic E-state index is -0.427. The maximum atomic E-state index is 12.0. The van der Waals surface area contributed by atoms with Crippen LogP contribution >= 0.6 is 0 Å². The fourth-order valence-electron chi connectivity index (χ4n) is 3.48. The molecule has 2 rings (SSSR count). The molecule has 1 aliphatic rings. The van der Waals surface area contributed by atoms with E-state index in [4.69, 9.17) is 9.47 Å². The molecule has 7 heteroatoms. The highest BCUT2D eigenvalue weighted by atomic mass is 16.5. The lowest BCUT2D eigenvalue weighted by Gasteiger charge is -2.31. The monoisotopic (exact) mass is 391 g/mol. The van der Waals surface area contributed by atoms with Crippen LogP contribution in [-0.2, 0) is 11.2 Å². The summed E-state index contributed by atoms with van der Waals surface area (Å²) in [5, 5.41) is 5.04. The van der Waals surface area contributed by atoms with E-state index in [1.54, 1.807) is 14.2 Å². The number of carbonyl (C=O) groups excluding carboxylic acids is 2. The number of piperidine rings is 1. The number of amides is 3. The third-order valence-electron chi connectivity index (χ3n) is 5.00. The van der Waals surface area contributed by atoms with Crippen molar-refractivity contribution in [1.29, 1.82) is 0 Å². The van der Waals surface area contributed by atoms with Gasteiger partial charge in [-0.05, 0) is 76.2 Å². The molecule has 28 heavy (non-hydrogen) atoms. The fraction of sp³-hybridized carbons (Fsp3) is 0.619. The second-order valence-electron chi connectivity index (χ2n) is 7.66. The van der Waals surface area contributed by atoms with Crippen LogP contribution in [0.2, 0.25) is 0 Å². The average Bonchev–Trinajstić information content (AvgIpc) is 2.66. The van der Waals surface area contributed by atoms with Crippen LogP contribution < -0.4 is 20.1 Å². The number of nitrogens with one attached hydrogen (secondary N) is 2. The lowest BCUT2D eigenvalue weighted by molar-refractivity contribution is -0.121. The number of hydrogen-bond acceptors (Lipinski definition) is 5. The van der Waals surface area contributed by atoms with Crippen molar-refractivity contribution in [2.75, 3.05) is 33.9 Å². The van der Waals surface area contributed by atoms with Crippen molar-refractivity contribution in [2.45, 2.75) is 45.6 Å². The van der Waals surface area contributed by atoms with Gasteiger partial charge in [0.25, 0.3) is 0 Å². The Balaban J connectivity index is 1.72. The van der Waals surface area contributed by atoms with Crippen LogP contribution in [0.25, 0.3) is 0 Å². The SMILES string of the molecule is COc1cc(CCC2CCN(CC(=O)NC(=O)NC(C)C)CC2)cc(OC)c1. The average molecular weight is 392 g/mol. The molecule has 1 aromatic carbocycles. The number of rotatable bonds is 8. The zero-order valence-electron chi connectivity index (χ0n) is 17.4. The Labute approximate surface area is 167 Å². The van der Waals surface area contributed by atoms with Gasteiger partial charge in [-0.1, -0.05) is 0 Å². The standard InChI is InChI=1S/C21H33N3O4/c1-15(2)22-21(26)23-20(25)14-24-9-7-16(8-10-24)5-6-17-11-18(27-3)13-19(12-17)28-4/h11-13,15-16H,5-10,14H2,1-4H3,(H2,22,23,25,26). The molecule has 0 saturated carbocycles. The number of aryl methyl sites for hydroxylation is 1. The van der Waals surface area contributed by atoms with E-state index in [2.05, 4.69) is 27.7 Å². The van der Waals surface area contributed by atoms with Crippen LogP contribution in [0, 0.1) is 5.92 Å². The molecule has 1 fully saturated rings. The summed E-state index contributed by atoms with van der Waals surface area (Å²) in [6.45, 7) is 5.74. The number of likely N-dealkylation sites (tertiary alicyclic amines) is 1. The maximum absolute atomic E-state index is 12.0. The van der Waals surface area contributed by atoms with Gasteiger partial charge in [-0.2, -0.15) is 0 Å². The minimum absolute atomic E-state index is 0.00750. The molecule has 1 saturated heterocycles. The molecule has 0 aromatic heterocycles. The predicted octanol–water partition coefficient (Wildman–Crippen LogP) is 2.58. The first kappa shape index (κ1) is 22.0. The van der Waals surface area contributed by atoms with Gasteiger partial charge >= 0.3 is 6.03 Å². The molecule has 0 aliphatic carbocycles. The summed E-state index contributed by atoms with van der Waals surface area (Å²) in [7, 11) is 3.33. The highest BCUT2D eigenvalue weighted by molar-refractivity contribution is 5.95. The van der Waals surface area contributed by atoms with Crippen molar-refractivity contribution in [1.82, 2.24) is 15.5 Å². The summed E-state index contributed by atoms with van der Waals surface area (Å²) in [4.78, 5) is 25.7. The molecule has 2 N–H and O–H groups in total. The number of hydrogen-bond donors (Lipinski definition) is 2. The first-order valence-electron chi connectivity index (χ1n) is 9.94. The van der Waals surface area contributed by atoms with Gasteiger partial charge in [0.2, 0.25) is 5.91 Å². The van der Waals surface area contributed by atoms with Crippen LogP contribution in [0.3, 0.4) is 0 Å². The van der Waals surface area contributed by atoms with Crippen LogP contribution in [0.5, 0.6) is 11.5 Å². The maximum Gasteiger partial charge on any atom is 0.321 e. The number of nitrogens with zero attached hydrogens (tertiary/aromatic N) is 1. The fourth-order valence-corrected chi connectivity index (χ4v) is 3.48. The van der Waals surface area contributed by atoms with Crippen molar-refractivity contribution >= 4 is 11.9 Å². The molecular formula is C21H33N3O4. The van der Waals surface area contributed by atoms with E-state index >= 15 is 0 Å². The second-order valence-corrected chi connectivity index (χ2v) is 7.66. The highest BCUT2D eigenvalue weighted by Crippen LogP contribution is 2.26. The number of carbonyl (C=O) groups is 2. The second kappa shape index (κ2) is 10.9. The van der Waals surface area contributed by atoms with Gasteiger partial charge in [0.15, 0.2) is 0 Å². The molecule has 1 aromatic rings. The van der Waals surface area contributed by atoms with Crippen molar-refractivity contribution < 1.29 is 19.1 Å².